The fourth-order valence-corrected chi connectivity index (χ4v) is 2.97. The molecular weight excluding hydrogens is 421 g/mol. The van der Waals surface area contributed by atoms with E-state index in [1.165, 1.54) is 0 Å². The van der Waals surface area contributed by atoms with Crippen LogP contribution in [0.5, 0.6) is 0 Å². The molecule has 1 N–H and O–H groups in total. The Labute approximate surface area is 134 Å². The van der Waals surface area contributed by atoms with Crippen molar-refractivity contribution in [1.29, 1.82) is 0 Å². The molecule has 19 heavy (non-hydrogen) atoms. The van der Waals surface area contributed by atoms with Crippen molar-refractivity contribution in [2.45, 2.75) is 32.4 Å². The number of aliphatic hydroxyl groups excluding tert-OH is 1. The van der Waals surface area contributed by atoms with Gasteiger partial charge >= 0.3 is 0 Å². The van der Waals surface area contributed by atoms with E-state index in [0.717, 1.165) is 32.4 Å². The van der Waals surface area contributed by atoms with Gasteiger partial charge in [0.1, 0.15) is 12.2 Å². The molecule has 0 saturated carbocycles. The molecule has 0 spiro atoms. The van der Waals surface area contributed by atoms with E-state index >= 15 is 0 Å². The van der Waals surface area contributed by atoms with Gasteiger partial charge in [0, 0.05) is 21.0 Å². The van der Waals surface area contributed by atoms with Crippen LogP contribution in [0, 0.1) is 3.57 Å². The molecule has 0 radical (unpaired) electrons. The molecule has 0 aliphatic carbocycles. The van der Waals surface area contributed by atoms with Crippen molar-refractivity contribution in [3.8, 4) is 0 Å². The maximum atomic E-state index is 10.4. The quantitative estimate of drug-likeness (QED) is 0.733. The third kappa shape index (κ3) is 3.76. The standard InChI is InChI=1S/C13H15BrIN3O/c1-2-5-18-13(16-8-17-18)7-12(19)10-6-9(14)3-4-11(10)15/h3-4,6,8,12,19H,2,5,7H2,1H3. The maximum absolute atomic E-state index is 10.4. The van der Waals surface area contributed by atoms with E-state index in [1.807, 2.05) is 22.9 Å². The monoisotopic (exact) mass is 435 g/mol. The van der Waals surface area contributed by atoms with Gasteiger partial charge in [0.15, 0.2) is 0 Å². The lowest BCUT2D eigenvalue weighted by atomic mass is 10.1. The fraction of sp³-hybridized carbons (Fsp3) is 0.385. The number of rotatable bonds is 5. The molecule has 0 aliphatic rings. The molecule has 4 nitrogen and oxygen atoms in total. The van der Waals surface area contributed by atoms with Gasteiger partial charge in [0.25, 0.3) is 0 Å². The van der Waals surface area contributed by atoms with E-state index < -0.39 is 6.10 Å². The first kappa shape index (κ1) is 14.9. The highest BCUT2D eigenvalue weighted by molar-refractivity contribution is 14.1. The highest BCUT2D eigenvalue weighted by atomic mass is 127. The van der Waals surface area contributed by atoms with Crippen LogP contribution in [0.3, 0.4) is 0 Å². The van der Waals surface area contributed by atoms with Crippen molar-refractivity contribution in [1.82, 2.24) is 14.8 Å². The van der Waals surface area contributed by atoms with Gasteiger partial charge in [-0.25, -0.2) is 4.98 Å². The molecule has 2 aromatic rings. The van der Waals surface area contributed by atoms with E-state index in [0.29, 0.717) is 6.42 Å². The van der Waals surface area contributed by atoms with Gasteiger partial charge in [-0.2, -0.15) is 5.10 Å². The summed E-state index contributed by atoms with van der Waals surface area (Å²) < 4.78 is 3.88. The Balaban J connectivity index is 2.18. The molecule has 1 atom stereocenters. The molecule has 1 aromatic heterocycles. The average molecular weight is 436 g/mol. The zero-order valence-corrected chi connectivity index (χ0v) is 14.3. The number of hydrogen-bond acceptors (Lipinski definition) is 3. The summed E-state index contributed by atoms with van der Waals surface area (Å²) in [5.74, 6) is 0.824. The smallest absolute Gasteiger partial charge is 0.138 e. The van der Waals surface area contributed by atoms with Gasteiger partial charge in [0.05, 0.1) is 6.10 Å². The number of hydrogen-bond donors (Lipinski definition) is 1. The first-order chi connectivity index (χ1) is 9.11. The predicted octanol–water partition coefficient (Wildman–Crippen LogP) is 3.33. The molecule has 1 unspecified atom stereocenters. The lowest BCUT2D eigenvalue weighted by Crippen LogP contribution is -2.11. The molecule has 0 amide bonds. The maximum Gasteiger partial charge on any atom is 0.138 e. The van der Waals surface area contributed by atoms with Crippen molar-refractivity contribution in [2.24, 2.45) is 0 Å². The summed E-state index contributed by atoms with van der Waals surface area (Å²) in [6.07, 6.45) is 2.46. The summed E-state index contributed by atoms with van der Waals surface area (Å²) in [6.45, 7) is 2.93. The third-order valence-corrected chi connectivity index (χ3v) is 4.30. The zero-order chi connectivity index (χ0) is 13.8. The van der Waals surface area contributed by atoms with Crippen LogP contribution >= 0.6 is 38.5 Å². The molecule has 102 valence electrons. The highest BCUT2D eigenvalue weighted by Crippen LogP contribution is 2.26. The largest absolute Gasteiger partial charge is 0.388 e. The molecule has 1 aromatic carbocycles. The van der Waals surface area contributed by atoms with Gasteiger partial charge in [-0.15, -0.1) is 0 Å². The van der Waals surface area contributed by atoms with Crippen molar-refractivity contribution in [3.63, 3.8) is 0 Å². The molecular formula is C13H15BrIN3O. The molecule has 2 rings (SSSR count). The van der Waals surface area contributed by atoms with Crippen molar-refractivity contribution in [3.05, 3.63) is 44.0 Å². The number of benzene rings is 1. The van der Waals surface area contributed by atoms with Gasteiger partial charge in [-0.05, 0) is 52.8 Å². The molecule has 1 heterocycles. The Hall–Kier alpha value is -0.470. The molecule has 0 aliphatic heterocycles. The average Bonchev–Trinajstić information content (AvgIpc) is 2.80. The summed E-state index contributed by atoms with van der Waals surface area (Å²) in [4.78, 5) is 4.23. The lowest BCUT2D eigenvalue weighted by molar-refractivity contribution is 0.173. The second kappa shape index (κ2) is 6.81. The van der Waals surface area contributed by atoms with Crippen molar-refractivity contribution < 1.29 is 5.11 Å². The van der Waals surface area contributed by atoms with E-state index in [1.54, 1.807) is 6.33 Å². The van der Waals surface area contributed by atoms with Crippen LogP contribution in [0.1, 0.15) is 30.8 Å². The number of aliphatic hydroxyl groups is 1. The summed E-state index contributed by atoms with van der Waals surface area (Å²) >= 11 is 5.67. The van der Waals surface area contributed by atoms with Gasteiger partial charge in [0.2, 0.25) is 0 Å². The van der Waals surface area contributed by atoms with Gasteiger partial charge in [-0.1, -0.05) is 22.9 Å². The SMILES string of the molecule is CCCn1ncnc1CC(O)c1cc(Br)ccc1I. The summed E-state index contributed by atoms with van der Waals surface area (Å²) in [6, 6.07) is 5.91. The summed E-state index contributed by atoms with van der Waals surface area (Å²) in [5.41, 5.74) is 0.918. The van der Waals surface area contributed by atoms with Crippen molar-refractivity contribution in [2.75, 3.05) is 0 Å². The summed E-state index contributed by atoms with van der Waals surface area (Å²) in [5, 5.41) is 14.6. The Morgan fingerprint density at radius 3 is 3.00 bits per heavy atom. The van der Waals surface area contributed by atoms with Crippen LogP contribution in [-0.2, 0) is 13.0 Å². The number of aromatic nitrogens is 3. The minimum absolute atomic E-state index is 0.479. The minimum Gasteiger partial charge on any atom is -0.388 e. The van der Waals surface area contributed by atoms with Crippen LogP contribution in [0.4, 0.5) is 0 Å². The third-order valence-electron chi connectivity index (χ3n) is 2.82. The zero-order valence-electron chi connectivity index (χ0n) is 10.6. The van der Waals surface area contributed by atoms with Crippen molar-refractivity contribution >= 4 is 38.5 Å². The Morgan fingerprint density at radius 1 is 1.47 bits per heavy atom. The van der Waals surface area contributed by atoms with Crippen LogP contribution in [0.15, 0.2) is 29.0 Å². The Kier molecular flexibility index (Phi) is 5.35. The Bertz CT molecular complexity index is 559. The van der Waals surface area contributed by atoms with Crippen LogP contribution in [0.25, 0.3) is 0 Å². The number of nitrogens with zero attached hydrogens (tertiary/aromatic N) is 3. The summed E-state index contributed by atoms with van der Waals surface area (Å²) in [7, 11) is 0. The second-order valence-electron chi connectivity index (χ2n) is 4.29. The highest BCUT2D eigenvalue weighted by Gasteiger charge is 2.15. The van der Waals surface area contributed by atoms with E-state index in [4.69, 9.17) is 0 Å². The normalized spacial score (nSPS) is 12.6. The molecule has 0 saturated heterocycles. The molecule has 0 fully saturated rings. The van der Waals surface area contributed by atoms with Gasteiger partial charge in [-0.3, -0.25) is 4.68 Å². The second-order valence-corrected chi connectivity index (χ2v) is 6.36. The fourth-order valence-electron chi connectivity index (χ4n) is 1.90. The van der Waals surface area contributed by atoms with E-state index in [2.05, 4.69) is 55.5 Å². The Morgan fingerprint density at radius 2 is 2.26 bits per heavy atom. The number of aryl methyl sites for hydroxylation is 1. The first-order valence-corrected chi connectivity index (χ1v) is 7.98. The first-order valence-electron chi connectivity index (χ1n) is 6.11. The van der Waals surface area contributed by atoms with Crippen LogP contribution in [-0.4, -0.2) is 19.9 Å². The van der Waals surface area contributed by atoms with E-state index in [-0.39, 0.29) is 0 Å². The van der Waals surface area contributed by atoms with Crippen LogP contribution in [0.2, 0.25) is 0 Å². The predicted molar refractivity (Wildman–Crippen MR) is 85.8 cm³/mol. The molecule has 0 bridgehead atoms. The minimum atomic E-state index is -0.566. The lowest BCUT2D eigenvalue weighted by Gasteiger charge is -2.13. The topological polar surface area (TPSA) is 50.9 Å². The number of halogens is 2. The van der Waals surface area contributed by atoms with E-state index in [9.17, 15) is 5.11 Å². The van der Waals surface area contributed by atoms with Gasteiger partial charge < -0.3 is 5.11 Å². The van der Waals surface area contributed by atoms with Crippen LogP contribution < -0.4 is 0 Å². The molecule has 6 heteroatoms.